The average molecular weight is 383 g/mol. The van der Waals surface area contributed by atoms with E-state index >= 15 is 0 Å². The molecular weight excluding hydrogens is 352 g/mol. The molecule has 2 heterocycles. The number of aromatic nitrogens is 1. The molecule has 6 heteroatoms. The summed E-state index contributed by atoms with van der Waals surface area (Å²) in [6, 6.07) is 8.54. The van der Waals surface area contributed by atoms with E-state index in [0.29, 0.717) is 24.7 Å². The highest BCUT2D eigenvalue weighted by molar-refractivity contribution is 5.93. The molecule has 2 amide bonds. The molecule has 1 aliphatic heterocycles. The van der Waals surface area contributed by atoms with Gasteiger partial charge in [-0.2, -0.15) is 0 Å². The van der Waals surface area contributed by atoms with Crippen molar-refractivity contribution in [2.45, 2.75) is 27.7 Å². The number of rotatable bonds is 3. The van der Waals surface area contributed by atoms with Crippen molar-refractivity contribution in [1.29, 1.82) is 0 Å². The number of nitrogens with zero attached hydrogens (tertiary/aromatic N) is 4. The third kappa shape index (κ3) is 4.06. The fourth-order valence-electron chi connectivity index (χ4n) is 3.66. The van der Waals surface area contributed by atoms with Crippen LogP contribution in [0.3, 0.4) is 0 Å². The second kappa shape index (κ2) is 8.09. The summed E-state index contributed by atoms with van der Waals surface area (Å²) in [6.45, 7) is 11.2. The van der Waals surface area contributed by atoms with Gasteiger partial charge >= 0.3 is 6.03 Å². The van der Waals surface area contributed by atoms with Crippen LogP contribution in [-0.2, 0) is 0 Å². The summed E-state index contributed by atoms with van der Waals surface area (Å²) in [5.74, 6) is 0.479. The minimum Gasteiger partial charge on any atom is -0.480 e. The number of carbonyl (C=O) groups excluding carboxylic acids is 1. The van der Waals surface area contributed by atoms with E-state index in [9.17, 15) is 4.79 Å². The second-order valence-electron chi connectivity index (χ2n) is 7.58. The molecule has 6 nitrogen and oxygen atoms in total. The molecule has 0 bridgehead atoms. The average Bonchev–Trinajstić information content (AvgIpc) is 2.68. The van der Waals surface area contributed by atoms with Crippen LogP contribution in [0.4, 0.5) is 16.2 Å². The minimum atomic E-state index is -0.0246. The first-order chi connectivity index (χ1) is 13.3. The number of pyridine rings is 1. The zero-order chi connectivity index (χ0) is 20.4. The fraction of sp³-hybridized carbons (Fsp3) is 0.455. The maximum Gasteiger partial charge on any atom is 0.324 e. The molecule has 0 saturated carbocycles. The Balaban J connectivity index is 1.70. The van der Waals surface area contributed by atoms with Gasteiger partial charge in [0.25, 0.3) is 0 Å². The zero-order valence-corrected chi connectivity index (χ0v) is 17.7. The standard InChI is InChI=1S/C22H30N4O2/c1-15-11-16(2)13-19(12-15)25-7-9-26(10-8-25)22(27)24(5)20-14-17(3)18(4)23-21(20)28-6/h11-14H,7-10H2,1-6H3. The molecule has 0 unspecified atom stereocenters. The van der Waals surface area contributed by atoms with Crippen LogP contribution in [0, 0.1) is 27.7 Å². The number of carbonyl (C=O) groups is 1. The van der Waals surface area contributed by atoms with E-state index in [2.05, 4.69) is 41.9 Å². The number of hydrogen-bond donors (Lipinski definition) is 0. The molecule has 0 N–H and O–H groups in total. The van der Waals surface area contributed by atoms with E-state index in [1.54, 1.807) is 19.1 Å². The van der Waals surface area contributed by atoms with Gasteiger partial charge in [0.1, 0.15) is 5.69 Å². The third-order valence-corrected chi connectivity index (χ3v) is 5.38. The van der Waals surface area contributed by atoms with Gasteiger partial charge in [0.15, 0.2) is 0 Å². The Hall–Kier alpha value is -2.76. The highest BCUT2D eigenvalue weighted by Gasteiger charge is 2.26. The van der Waals surface area contributed by atoms with Gasteiger partial charge in [0, 0.05) is 44.6 Å². The van der Waals surface area contributed by atoms with Crippen LogP contribution in [0.15, 0.2) is 24.3 Å². The van der Waals surface area contributed by atoms with Crippen LogP contribution in [0.25, 0.3) is 0 Å². The van der Waals surface area contributed by atoms with Crippen molar-refractivity contribution < 1.29 is 9.53 Å². The van der Waals surface area contributed by atoms with Gasteiger partial charge in [-0.15, -0.1) is 0 Å². The topological polar surface area (TPSA) is 48.9 Å². The van der Waals surface area contributed by atoms with Gasteiger partial charge in [-0.05, 0) is 62.6 Å². The summed E-state index contributed by atoms with van der Waals surface area (Å²) in [5.41, 5.74) is 6.41. The van der Waals surface area contributed by atoms with Crippen LogP contribution >= 0.6 is 0 Å². The number of ether oxygens (including phenoxy) is 1. The summed E-state index contributed by atoms with van der Waals surface area (Å²) in [4.78, 5) is 23.4. The van der Waals surface area contributed by atoms with Crippen molar-refractivity contribution in [2.75, 3.05) is 50.1 Å². The lowest BCUT2D eigenvalue weighted by molar-refractivity contribution is 0.202. The molecule has 1 aromatic carbocycles. The Morgan fingerprint density at radius 3 is 2.18 bits per heavy atom. The number of piperazine rings is 1. The van der Waals surface area contributed by atoms with E-state index in [0.717, 1.165) is 24.3 Å². The van der Waals surface area contributed by atoms with Gasteiger partial charge in [0.2, 0.25) is 5.88 Å². The fourth-order valence-corrected chi connectivity index (χ4v) is 3.66. The van der Waals surface area contributed by atoms with E-state index in [1.807, 2.05) is 24.8 Å². The van der Waals surface area contributed by atoms with Crippen molar-refractivity contribution in [1.82, 2.24) is 9.88 Å². The maximum absolute atomic E-state index is 13.1. The number of urea groups is 1. The molecule has 150 valence electrons. The smallest absolute Gasteiger partial charge is 0.324 e. The second-order valence-corrected chi connectivity index (χ2v) is 7.58. The van der Waals surface area contributed by atoms with Crippen LogP contribution in [0.2, 0.25) is 0 Å². The van der Waals surface area contributed by atoms with Gasteiger partial charge < -0.3 is 14.5 Å². The molecule has 28 heavy (non-hydrogen) atoms. The number of aryl methyl sites for hydroxylation is 4. The lowest BCUT2D eigenvalue weighted by atomic mass is 10.1. The molecule has 1 saturated heterocycles. The molecule has 1 fully saturated rings. The van der Waals surface area contributed by atoms with E-state index < -0.39 is 0 Å². The van der Waals surface area contributed by atoms with Crippen molar-refractivity contribution in [2.24, 2.45) is 0 Å². The Morgan fingerprint density at radius 2 is 1.61 bits per heavy atom. The van der Waals surface area contributed by atoms with Gasteiger partial charge in [0.05, 0.1) is 7.11 Å². The summed E-state index contributed by atoms with van der Waals surface area (Å²) in [7, 11) is 3.37. The summed E-state index contributed by atoms with van der Waals surface area (Å²) in [5, 5.41) is 0. The molecule has 0 aliphatic carbocycles. The minimum absolute atomic E-state index is 0.0246. The first kappa shape index (κ1) is 20.0. The summed E-state index contributed by atoms with van der Waals surface area (Å²) < 4.78 is 5.41. The number of benzene rings is 1. The molecule has 3 rings (SSSR count). The van der Waals surface area contributed by atoms with Crippen molar-refractivity contribution in [3.63, 3.8) is 0 Å². The van der Waals surface area contributed by atoms with E-state index in [-0.39, 0.29) is 6.03 Å². The predicted octanol–water partition coefficient (Wildman–Crippen LogP) is 3.70. The number of anilines is 2. The Morgan fingerprint density at radius 1 is 1.00 bits per heavy atom. The number of amides is 2. The molecule has 1 aromatic heterocycles. The number of hydrogen-bond acceptors (Lipinski definition) is 4. The van der Waals surface area contributed by atoms with E-state index in [1.165, 1.54) is 16.8 Å². The maximum atomic E-state index is 13.1. The highest BCUT2D eigenvalue weighted by atomic mass is 16.5. The highest BCUT2D eigenvalue weighted by Crippen LogP contribution is 2.29. The molecule has 0 atom stereocenters. The normalized spacial score (nSPS) is 14.2. The van der Waals surface area contributed by atoms with Crippen LogP contribution < -0.4 is 14.5 Å². The number of methoxy groups -OCH3 is 1. The van der Waals surface area contributed by atoms with Crippen molar-refractivity contribution in [3.05, 3.63) is 46.6 Å². The summed E-state index contributed by atoms with van der Waals surface area (Å²) in [6.07, 6.45) is 0. The molecule has 0 spiro atoms. The molecule has 2 aromatic rings. The lowest BCUT2D eigenvalue weighted by Gasteiger charge is -2.38. The van der Waals surface area contributed by atoms with Gasteiger partial charge in [-0.1, -0.05) is 6.07 Å². The first-order valence-electron chi connectivity index (χ1n) is 9.68. The van der Waals surface area contributed by atoms with Crippen LogP contribution in [0.5, 0.6) is 5.88 Å². The van der Waals surface area contributed by atoms with Crippen molar-refractivity contribution in [3.8, 4) is 5.88 Å². The molecular formula is C22H30N4O2. The largest absolute Gasteiger partial charge is 0.480 e. The zero-order valence-electron chi connectivity index (χ0n) is 17.7. The van der Waals surface area contributed by atoms with Crippen molar-refractivity contribution >= 4 is 17.4 Å². The predicted molar refractivity (Wildman–Crippen MR) is 114 cm³/mol. The lowest BCUT2D eigenvalue weighted by Crippen LogP contribution is -2.52. The van der Waals surface area contributed by atoms with Crippen LogP contribution in [-0.4, -0.2) is 56.3 Å². The van der Waals surface area contributed by atoms with Gasteiger partial charge in [-0.3, -0.25) is 4.90 Å². The third-order valence-electron chi connectivity index (χ3n) is 5.38. The monoisotopic (exact) mass is 382 g/mol. The summed E-state index contributed by atoms with van der Waals surface area (Å²) >= 11 is 0. The quantitative estimate of drug-likeness (QED) is 0.812. The Bertz CT molecular complexity index is 853. The Labute approximate surface area is 167 Å². The van der Waals surface area contributed by atoms with Gasteiger partial charge in [-0.25, -0.2) is 9.78 Å². The van der Waals surface area contributed by atoms with Crippen LogP contribution in [0.1, 0.15) is 22.4 Å². The van der Waals surface area contributed by atoms with E-state index in [4.69, 9.17) is 4.74 Å². The molecule has 1 aliphatic rings. The first-order valence-corrected chi connectivity index (χ1v) is 9.68. The Kier molecular flexibility index (Phi) is 5.77. The SMILES string of the molecule is COc1nc(C)c(C)cc1N(C)C(=O)N1CCN(c2cc(C)cc(C)c2)CC1. The molecule has 0 radical (unpaired) electrons.